The van der Waals surface area contributed by atoms with Gasteiger partial charge in [0, 0.05) is 33.1 Å². The van der Waals surface area contributed by atoms with Crippen LogP contribution >= 0.6 is 0 Å². The highest BCUT2D eigenvalue weighted by molar-refractivity contribution is 6.09. The average molecular weight is 754 g/mol. The third-order valence-electron chi connectivity index (χ3n) is 12.1. The first kappa shape index (κ1) is 34.7. The second-order valence-corrected chi connectivity index (χ2v) is 16.0. The molecule has 0 spiro atoms. The smallest absolute Gasteiger partial charge is 0.160 e. The molecule has 1 aliphatic rings. The molecule has 0 saturated heterocycles. The minimum absolute atomic E-state index is 0.130. The molecule has 0 radical (unpaired) electrons. The number of pyridine rings is 1. The summed E-state index contributed by atoms with van der Waals surface area (Å²) in [7, 11) is 0. The summed E-state index contributed by atoms with van der Waals surface area (Å²) >= 11 is 0. The van der Waals surface area contributed by atoms with Crippen molar-refractivity contribution in [1.82, 2.24) is 15.0 Å². The Labute approximate surface area is 344 Å². The highest BCUT2D eigenvalue weighted by Gasteiger charge is 2.36. The number of hydrogen-bond acceptors (Lipinski definition) is 3. The molecule has 1 aliphatic carbocycles. The zero-order valence-electron chi connectivity index (χ0n) is 32.9. The molecule has 0 saturated carbocycles. The van der Waals surface area contributed by atoms with Crippen LogP contribution in [-0.4, -0.2) is 15.0 Å². The number of hydrogen-bond donors (Lipinski definition) is 0. The zero-order chi connectivity index (χ0) is 39.5. The van der Waals surface area contributed by atoms with Crippen molar-refractivity contribution in [2.24, 2.45) is 0 Å². The molecule has 0 aliphatic heterocycles. The van der Waals surface area contributed by atoms with E-state index in [0.717, 1.165) is 61.4 Å². The normalized spacial score (nSPS) is 12.7. The predicted molar refractivity (Wildman–Crippen MR) is 245 cm³/mol. The molecular formula is C56H39N3. The lowest BCUT2D eigenvalue weighted by atomic mass is 9.82. The van der Waals surface area contributed by atoms with E-state index >= 15 is 0 Å². The van der Waals surface area contributed by atoms with Gasteiger partial charge in [0.2, 0.25) is 0 Å². The Morgan fingerprint density at radius 1 is 0.322 bits per heavy atom. The van der Waals surface area contributed by atoms with Crippen LogP contribution in [0, 0.1) is 0 Å². The van der Waals surface area contributed by atoms with Crippen molar-refractivity contribution >= 4 is 21.7 Å². The molecule has 3 heteroatoms. The van der Waals surface area contributed by atoms with E-state index in [0.29, 0.717) is 5.82 Å². The molecular weight excluding hydrogens is 715 g/mol. The molecule has 2 aromatic heterocycles. The minimum Gasteiger partial charge on any atom is -0.248 e. The van der Waals surface area contributed by atoms with E-state index in [9.17, 15) is 0 Å². The van der Waals surface area contributed by atoms with Crippen molar-refractivity contribution in [2.45, 2.75) is 19.3 Å². The SMILES string of the molecule is CC1(C)c2ccccc2-c2cc3c(-c4cc(-c5cccc(-c6nc(-c7ccccc7)cc(-c7ccccc7)n6)c5)cc5ccccc45)cc(-c4ccccc4)nc3cc21. The maximum absolute atomic E-state index is 5.39. The van der Waals surface area contributed by atoms with Gasteiger partial charge in [-0.3, -0.25) is 0 Å². The van der Waals surface area contributed by atoms with E-state index in [1.807, 2.05) is 12.1 Å². The Balaban J connectivity index is 1.12. The van der Waals surface area contributed by atoms with Crippen LogP contribution in [0.15, 0.2) is 200 Å². The molecule has 10 aromatic rings. The molecule has 11 rings (SSSR count). The summed E-state index contributed by atoms with van der Waals surface area (Å²) in [5.41, 5.74) is 17.6. The lowest BCUT2D eigenvalue weighted by Crippen LogP contribution is -2.14. The highest BCUT2D eigenvalue weighted by atomic mass is 14.9. The molecule has 0 bridgehead atoms. The molecule has 0 unspecified atom stereocenters. The van der Waals surface area contributed by atoms with Crippen LogP contribution in [0.25, 0.3) is 100 Å². The van der Waals surface area contributed by atoms with Crippen molar-refractivity contribution in [3.8, 4) is 78.5 Å². The van der Waals surface area contributed by atoms with Gasteiger partial charge >= 0.3 is 0 Å². The Morgan fingerprint density at radius 2 is 0.881 bits per heavy atom. The first-order valence-electron chi connectivity index (χ1n) is 20.3. The Bertz CT molecular complexity index is 3170. The fourth-order valence-corrected chi connectivity index (χ4v) is 9.03. The van der Waals surface area contributed by atoms with Gasteiger partial charge in [-0.15, -0.1) is 0 Å². The average Bonchev–Trinajstić information content (AvgIpc) is 3.53. The zero-order valence-corrected chi connectivity index (χ0v) is 32.9. The Morgan fingerprint density at radius 3 is 1.58 bits per heavy atom. The number of nitrogens with zero attached hydrogens (tertiary/aromatic N) is 3. The Hall–Kier alpha value is -7.49. The second kappa shape index (κ2) is 13.9. The standard InChI is InChI=1S/C56H39N3/c1-56(2)49-28-15-14-27-44(49)47-32-48-46(33-51(36-17-6-3-7-18-36)57-54(48)34-50(47)56)45-31-42(30-40-23-12-13-26-43(40)45)39-24-16-25-41(29-39)55-58-52(37-19-8-4-9-20-37)35-53(59-55)38-21-10-5-11-22-38/h3-35H,1-2H3. The van der Waals surface area contributed by atoms with E-state index in [1.165, 1.54) is 44.2 Å². The summed E-state index contributed by atoms with van der Waals surface area (Å²) in [6.07, 6.45) is 0. The first-order chi connectivity index (χ1) is 29.0. The molecule has 0 amide bonds. The Kier molecular flexibility index (Phi) is 8.16. The van der Waals surface area contributed by atoms with Gasteiger partial charge in [0.1, 0.15) is 0 Å². The van der Waals surface area contributed by atoms with Crippen LogP contribution < -0.4 is 0 Å². The van der Waals surface area contributed by atoms with Crippen LogP contribution in [0.2, 0.25) is 0 Å². The largest absolute Gasteiger partial charge is 0.248 e. The summed E-state index contributed by atoms with van der Waals surface area (Å²) in [5.74, 6) is 0.692. The van der Waals surface area contributed by atoms with Crippen LogP contribution in [0.4, 0.5) is 0 Å². The van der Waals surface area contributed by atoms with E-state index in [4.69, 9.17) is 15.0 Å². The highest BCUT2D eigenvalue weighted by Crippen LogP contribution is 2.51. The summed E-state index contributed by atoms with van der Waals surface area (Å²) in [6.45, 7) is 4.67. The number of fused-ring (bicyclic) bond motifs is 5. The number of rotatable bonds is 6. The summed E-state index contributed by atoms with van der Waals surface area (Å²) < 4.78 is 0. The second-order valence-electron chi connectivity index (χ2n) is 16.0. The van der Waals surface area contributed by atoms with Gasteiger partial charge in [-0.25, -0.2) is 15.0 Å². The topological polar surface area (TPSA) is 38.7 Å². The molecule has 278 valence electrons. The fourth-order valence-electron chi connectivity index (χ4n) is 9.03. The molecule has 0 fully saturated rings. The first-order valence-corrected chi connectivity index (χ1v) is 20.3. The van der Waals surface area contributed by atoms with Crippen molar-refractivity contribution < 1.29 is 0 Å². The number of aromatic nitrogens is 3. The van der Waals surface area contributed by atoms with Gasteiger partial charge in [0.05, 0.1) is 22.6 Å². The number of benzene rings is 8. The van der Waals surface area contributed by atoms with Gasteiger partial charge < -0.3 is 0 Å². The van der Waals surface area contributed by atoms with E-state index in [2.05, 4.69) is 202 Å². The maximum atomic E-state index is 5.39. The summed E-state index contributed by atoms with van der Waals surface area (Å²) in [6, 6.07) is 71.4. The molecule has 0 N–H and O–H groups in total. The van der Waals surface area contributed by atoms with Gasteiger partial charge in [-0.05, 0) is 97.7 Å². The molecule has 59 heavy (non-hydrogen) atoms. The monoisotopic (exact) mass is 753 g/mol. The van der Waals surface area contributed by atoms with Crippen molar-refractivity contribution in [3.05, 3.63) is 211 Å². The lowest BCUT2D eigenvalue weighted by Gasteiger charge is -2.22. The van der Waals surface area contributed by atoms with Gasteiger partial charge in [-0.1, -0.05) is 172 Å². The molecule has 8 aromatic carbocycles. The van der Waals surface area contributed by atoms with Gasteiger partial charge in [0.25, 0.3) is 0 Å². The lowest BCUT2D eigenvalue weighted by molar-refractivity contribution is 0.661. The van der Waals surface area contributed by atoms with Gasteiger partial charge in [-0.2, -0.15) is 0 Å². The van der Waals surface area contributed by atoms with E-state index < -0.39 is 0 Å². The van der Waals surface area contributed by atoms with Crippen LogP contribution in [0.5, 0.6) is 0 Å². The maximum Gasteiger partial charge on any atom is 0.160 e. The van der Waals surface area contributed by atoms with Crippen LogP contribution in [0.3, 0.4) is 0 Å². The summed E-state index contributed by atoms with van der Waals surface area (Å²) in [5, 5.41) is 3.52. The third-order valence-corrected chi connectivity index (χ3v) is 12.1. The van der Waals surface area contributed by atoms with E-state index in [1.54, 1.807) is 0 Å². The summed E-state index contributed by atoms with van der Waals surface area (Å²) in [4.78, 5) is 15.7. The quantitative estimate of drug-likeness (QED) is 0.170. The predicted octanol–water partition coefficient (Wildman–Crippen LogP) is 14.5. The van der Waals surface area contributed by atoms with Crippen molar-refractivity contribution in [1.29, 1.82) is 0 Å². The van der Waals surface area contributed by atoms with Crippen LogP contribution in [-0.2, 0) is 5.41 Å². The minimum atomic E-state index is -0.130. The molecule has 2 heterocycles. The third kappa shape index (κ3) is 6.02. The van der Waals surface area contributed by atoms with Crippen LogP contribution in [0.1, 0.15) is 25.0 Å². The van der Waals surface area contributed by atoms with Crippen molar-refractivity contribution in [2.75, 3.05) is 0 Å². The molecule has 0 atom stereocenters. The van der Waals surface area contributed by atoms with E-state index in [-0.39, 0.29) is 5.41 Å². The fraction of sp³-hybridized carbons (Fsp3) is 0.0536. The van der Waals surface area contributed by atoms with Crippen molar-refractivity contribution in [3.63, 3.8) is 0 Å². The molecule has 3 nitrogen and oxygen atoms in total. The van der Waals surface area contributed by atoms with Gasteiger partial charge in [0.15, 0.2) is 5.82 Å².